The van der Waals surface area contributed by atoms with Crippen LogP contribution in [-0.2, 0) is 14.6 Å². The first-order valence-electron chi connectivity index (χ1n) is 6.70. The molecule has 1 amide bonds. The molecule has 100 valence electrons. The van der Waals surface area contributed by atoms with Gasteiger partial charge in [0.15, 0.2) is 9.84 Å². The Hall–Kier alpha value is -0.840. The monoisotopic (exact) mass is 269 g/mol. The van der Waals surface area contributed by atoms with Crippen LogP contribution in [0.2, 0.25) is 0 Å². The molecule has 4 nitrogen and oxygen atoms in total. The van der Waals surface area contributed by atoms with Crippen LogP contribution in [0.3, 0.4) is 0 Å². The molecule has 18 heavy (non-hydrogen) atoms. The molecule has 0 aromatic carbocycles. The van der Waals surface area contributed by atoms with Crippen molar-refractivity contribution in [3.8, 4) is 0 Å². The van der Waals surface area contributed by atoms with Gasteiger partial charge in [-0.15, -0.1) is 0 Å². The summed E-state index contributed by atoms with van der Waals surface area (Å²) < 4.78 is 23.3. The van der Waals surface area contributed by atoms with Gasteiger partial charge in [0.05, 0.1) is 5.25 Å². The average Bonchev–Trinajstić information content (AvgIpc) is 2.88. The maximum atomic E-state index is 12.3. The van der Waals surface area contributed by atoms with Gasteiger partial charge in [-0.3, -0.25) is 4.79 Å². The molecule has 2 aliphatic carbocycles. The van der Waals surface area contributed by atoms with Crippen molar-refractivity contribution in [3.05, 3.63) is 12.2 Å². The average molecular weight is 269 g/mol. The summed E-state index contributed by atoms with van der Waals surface area (Å²) in [5.41, 5.74) is 0. The third kappa shape index (κ3) is 1.79. The van der Waals surface area contributed by atoms with E-state index in [0.717, 1.165) is 12.8 Å². The number of carbonyl (C=O) groups is 1. The third-order valence-corrected chi connectivity index (χ3v) is 6.78. The molecule has 5 heteroatoms. The van der Waals surface area contributed by atoms with Crippen LogP contribution in [0.1, 0.15) is 19.8 Å². The van der Waals surface area contributed by atoms with E-state index in [1.807, 2.05) is 0 Å². The lowest BCUT2D eigenvalue weighted by Crippen LogP contribution is -2.58. The Labute approximate surface area is 108 Å². The lowest BCUT2D eigenvalue weighted by atomic mass is 9.91. The van der Waals surface area contributed by atoms with E-state index in [-0.39, 0.29) is 22.8 Å². The van der Waals surface area contributed by atoms with Crippen LogP contribution in [0, 0.1) is 17.8 Å². The van der Waals surface area contributed by atoms with E-state index in [9.17, 15) is 13.2 Å². The first-order valence-corrected chi connectivity index (χ1v) is 8.41. The predicted octanol–water partition coefficient (Wildman–Crippen LogP) is 0.844. The minimum absolute atomic E-state index is 0.116. The number of fused-ring (bicyclic) bond motifs is 2. The Balaban J connectivity index is 1.59. The molecule has 3 atom stereocenters. The number of carbonyl (C=O) groups excluding carboxylic acids is 1. The Kier molecular flexibility index (Phi) is 2.77. The largest absolute Gasteiger partial charge is 0.340 e. The van der Waals surface area contributed by atoms with Gasteiger partial charge in [0.2, 0.25) is 5.91 Å². The van der Waals surface area contributed by atoms with Gasteiger partial charge >= 0.3 is 0 Å². The predicted molar refractivity (Wildman–Crippen MR) is 68.7 cm³/mol. The highest BCUT2D eigenvalue weighted by Gasteiger charge is 2.46. The fraction of sp³-hybridized carbons (Fsp3) is 0.769. The molecule has 1 heterocycles. The van der Waals surface area contributed by atoms with Crippen molar-refractivity contribution in [3.63, 3.8) is 0 Å². The van der Waals surface area contributed by atoms with Crippen molar-refractivity contribution in [2.24, 2.45) is 17.8 Å². The van der Waals surface area contributed by atoms with Crippen LogP contribution in [0.25, 0.3) is 0 Å². The van der Waals surface area contributed by atoms with Gasteiger partial charge in [-0.2, -0.15) is 0 Å². The lowest BCUT2D eigenvalue weighted by Gasteiger charge is -2.40. The summed E-state index contributed by atoms with van der Waals surface area (Å²) in [6, 6.07) is 0. The summed E-state index contributed by atoms with van der Waals surface area (Å²) in [7, 11) is -2.97. The van der Waals surface area contributed by atoms with Crippen LogP contribution in [0.4, 0.5) is 0 Å². The molecule has 0 N–H and O–H groups in total. The first kappa shape index (κ1) is 12.2. The van der Waals surface area contributed by atoms with E-state index in [4.69, 9.17) is 0 Å². The molecular weight excluding hydrogens is 250 g/mol. The molecule has 1 saturated heterocycles. The zero-order chi connectivity index (χ0) is 12.9. The lowest BCUT2D eigenvalue weighted by molar-refractivity contribution is -0.139. The Morgan fingerprint density at radius 2 is 2.00 bits per heavy atom. The molecule has 3 rings (SSSR count). The van der Waals surface area contributed by atoms with Crippen molar-refractivity contribution < 1.29 is 13.2 Å². The van der Waals surface area contributed by atoms with Gasteiger partial charge in [0, 0.05) is 24.8 Å². The van der Waals surface area contributed by atoms with Crippen LogP contribution >= 0.6 is 0 Å². The molecule has 0 aromatic heterocycles. The molecule has 1 saturated carbocycles. The van der Waals surface area contributed by atoms with Gasteiger partial charge in [-0.05, 0) is 24.7 Å². The van der Waals surface area contributed by atoms with Crippen molar-refractivity contribution in [2.75, 3.05) is 18.8 Å². The van der Waals surface area contributed by atoms with Crippen LogP contribution in [0.15, 0.2) is 12.2 Å². The maximum Gasteiger partial charge on any atom is 0.226 e. The molecule has 1 aliphatic heterocycles. The molecule has 2 fully saturated rings. The minimum atomic E-state index is -2.97. The van der Waals surface area contributed by atoms with E-state index in [2.05, 4.69) is 12.2 Å². The molecule has 3 unspecified atom stereocenters. The highest BCUT2D eigenvalue weighted by atomic mass is 32.2. The van der Waals surface area contributed by atoms with E-state index in [0.29, 0.717) is 24.9 Å². The summed E-state index contributed by atoms with van der Waals surface area (Å²) >= 11 is 0. The normalized spacial score (nSPS) is 34.9. The highest BCUT2D eigenvalue weighted by Crippen LogP contribution is 2.44. The summed E-state index contributed by atoms with van der Waals surface area (Å²) in [4.78, 5) is 14.0. The molecular formula is C13H19NO3S. The number of rotatable bonds is 3. The number of amides is 1. The van der Waals surface area contributed by atoms with Gasteiger partial charge in [0.1, 0.15) is 0 Å². The van der Waals surface area contributed by atoms with Crippen LogP contribution < -0.4 is 0 Å². The van der Waals surface area contributed by atoms with Crippen molar-refractivity contribution >= 4 is 15.7 Å². The summed E-state index contributed by atoms with van der Waals surface area (Å²) in [5, 5.41) is -0.319. The van der Waals surface area contributed by atoms with E-state index >= 15 is 0 Å². The van der Waals surface area contributed by atoms with Crippen molar-refractivity contribution in [1.82, 2.24) is 4.90 Å². The SMILES string of the molecule is CCS(=O)(=O)C1CN(C(=O)C2CC3C=CC2C3)C1. The highest BCUT2D eigenvalue weighted by molar-refractivity contribution is 7.92. The summed E-state index contributed by atoms with van der Waals surface area (Å²) in [6.07, 6.45) is 6.45. The number of hydrogen-bond donors (Lipinski definition) is 0. The molecule has 3 aliphatic rings. The Bertz CT molecular complexity index is 490. The second-order valence-electron chi connectivity index (χ2n) is 5.70. The fourth-order valence-corrected chi connectivity index (χ4v) is 4.67. The fourth-order valence-electron chi connectivity index (χ4n) is 3.38. The quantitative estimate of drug-likeness (QED) is 0.714. The van der Waals surface area contributed by atoms with Crippen LogP contribution in [0.5, 0.6) is 0 Å². The topological polar surface area (TPSA) is 54.5 Å². The van der Waals surface area contributed by atoms with Crippen molar-refractivity contribution in [2.45, 2.75) is 25.0 Å². The third-order valence-electron chi connectivity index (χ3n) is 4.67. The Morgan fingerprint density at radius 1 is 1.28 bits per heavy atom. The number of nitrogens with zero attached hydrogens (tertiary/aromatic N) is 1. The van der Waals surface area contributed by atoms with Crippen LogP contribution in [-0.4, -0.2) is 43.3 Å². The summed E-state index contributed by atoms with van der Waals surface area (Å²) in [5.74, 6) is 1.46. The maximum absolute atomic E-state index is 12.3. The van der Waals surface area contributed by atoms with Gasteiger partial charge < -0.3 is 4.90 Å². The number of hydrogen-bond acceptors (Lipinski definition) is 3. The minimum Gasteiger partial charge on any atom is -0.340 e. The molecule has 2 bridgehead atoms. The van der Waals surface area contributed by atoms with E-state index < -0.39 is 9.84 Å². The first-order chi connectivity index (χ1) is 8.51. The Morgan fingerprint density at radius 3 is 2.50 bits per heavy atom. The zero-order valence-electron chi connectivity index (χ0n) is 10.6. The number of allylic oxidation sites excluding steroid dienone is 2. The summed E-state index contributed by atoms with van der Waals surface area (Å²) in [6.45, 7) is 2.49. The number of likely N-dealkylation sites (tertiary alicyclic amines) is 1. The van der Waals surface area contributed by atoms with Gasteiger partial charge in [-0.25, -0.2) is 8.42 Å². The second kappa shape index (κ2) is 4.08. The molecule has 0 spiro atoms. The molecule has 0 radical (unpaired) electrons. The second-order valence-corrected chi connectivity index (χ2v) is 8.27. The van der Waals surface area contributed by atoms with Gasteiger partial charge in [0.25, 0.3) is 0 Å². The molecule has 0 aromatic rings. The smallest absolute Gasteiger partial charge is 0.226 e. The van der Waals surface area contributed by atoms with Gasteiger partial charge in [-0.1, -0.05) is 19.1 Å². The zero-order valence-corrected chi connectivity index (χ0v) is 11.4. The standard InChI is InChI=1S/C13H19NO3S/c1-2-18(16,17)11-7-14(8-11)13(15)12-6-9-3-4-10(12)5-9/h3-4,9-12H,2,5-8H2,1H3. The van der Waals surface area contributed by atoms with E-state index in [1.54, 1.807) is 11.8 Å². The van der Waals surface area contributed by atoms with Crippen molar-refractivity contribution in [1.29, 1.82) is 0 Å². The number of sulfone groups is 1. The van der Waals surface area contributed by atoms with E-state index in [1.165, 1.54) is 0 Å².